The van der Waals surface area contributed by atoms with Gasteiger partial charge in [-0.3, -0.25) is 4.79 Å². The highest BCUT2D eigenvalue weighted by Crippen LogP contribution is 2.10. The Bertz CT molecular complexity index is 640. The lowest BCUT2D eigenvalue weighted by Crippen LogP contribution is -2.23. The van der Waals surface area contributed by atoms with E-state index in [4.69, 9.17) is 5.73 Å². The van der Waals surface area contributed by atoms with Gasteiger partial charge >= 0.3 is 0 Å². The molecule has 21 heavy (non-hydrogen) atoms. The number of hydrogen-bond donors (Lipinski definition) is 2. The highest BCUT2D eigenvalue weighted by molar-refractivity contribution is 5.76. The lowest BCUT2D eigenvalue weighted by atomic mass is 10.1. The summed E-state index contributed by atoms with van der Waals surface area (Å²) in [5, 5.41) is 2.79. The van der Waals surface area contributed by atoms with E-state index in [9.17, 15) is 9.18 Å². The van der Waals surface area contributed by atoms with E-state index in [-0.39, 0.29) is 11.7 Å². The van der Waals surface area contributed by atoms with Gasteiger partial charge in [0.2, 0.25) is 5.91 Å². The number of aryl methyl sites for hydroxylation is 2. The van der Waals surface area contributed by atoms with Gasteiger partial charge in [-0.05, 0) is 48.2 Å². The zero-order valence-corrected chi connectivity index (χ0v) is 12.0. The first-order chi connectivity index (χ1) is 10.0. The van der Waals surface area contributed by atoms with Gasteiger partial charge in [0, 0.05) is 18.7 Å². The number of benzene rings is 2. The fraction of sp³-hybridized carbons (Fsp3) is 0.235. The van der Waals surface area contributed by atoms with Gasteiger partial charge in [0.05, 0.1) is 0 Å². The highest BCUT2D eigenvalue weighted by Gasteiger charge is 2.04. The first-order valence-corrected chi connectivity index (χ1v) is 6.91. The number of nitrogens with one attached hydrogen (secondary N) is 1. The Balaban J connectivity index is 1.80. The number of halogens is 1. The van der Waals surface area contributed by atoms with E-state index in [0.29, 0.717) is 30.6 Å². The Kier molecular flexibility index (Phi) is 4.93. The lowest BCUT2D eigenvalue weighted by molar-refractivity contribution is -0.121. The van der Waals surface area contributed by atoms with Crippen LogP contribution in [-0.2, 0) is 17.8 Å². The molecule has 0 fully saturated rings. The molecule has 0 spiro atoms. The second kappa shape index (κ2) is 6.88. The van der Waals surface area contributed by atoms with E-state index in [1.165, 1.54) is 6.07 Å². The van der Waals surface area contributed by atoms with Gasteiger partial charge in [-0.25, -0.2) is 4.39 Å². The van der Waals surface area contributed by atoms with Gasteiger partial charge in [0.15, 0.2) is 0 Å². The number of carbonyl (C=O) groups excluding carboxylic acids is 1. The Labute approximate surface area is 124 Å². The fourth-order valence-electron chi connectivity index (χ4n) is 2.04. The molecular formula is C17H19FN2O. The molecule has 0 atom stereocenters. The van der Waals surface area contributed by atoms with Crippen molar-refractivity contribution in [2.75, 3.05) is 5.73 Å². The maximum absolute atomic E-state index is 13.4. The summed E-state index contributed by atoms with van der Waals surface area (Å²) in [5.41, 5.74) is 8.78. The van der Waals surface area contributed by atoms with Gasteiger partial charge in [-0.15, -0.1) is 0 Å². The second-order valence-corrected chi connectivity index (χ2v) is 5.11. The van der Waals surface area contributed by atoms with E-state index in [1.807, 2.05) is 30.3 Å². The van der Waals surface area contributed by atoms with Gasteiger partial charge in [0.1, 0.15) is 5.82 Å². The third-order valence-corrected chi connectivity index (χ3v) is 3.32. The number of hydrogen-bond acceptors (Lipinski definition) is 2. The molecule has 1 amide bonds. The Morgan fingerprint density at radius 1 is 1.19 bits per heavy atom. The molecule has 0 aliphatic carbocycles. The zero-order valence-electron chi connectivity index (χ0n) is 12.0. The minimum atomic E-state index is -0.249. The van der Waals surface area contributed by atoms with Crippen LogP contribution in [0.3, 0.4) is 0 Å². The number of rotatable bonds is 5. The van der Waals surface area contributed by atoms with Gasteiger partial charge in [-0.1, -0.05) is 24.3 Å². The third kappa shape index (κ3) is 4.60. The maximum atomic E-state index is 13.4. The fourth-order valence-corrected chi connectivity index (χ4v) is 2.04. The van der Waals surface area contributed by atoms with E-state index >= 15 is 0 Å². The predicted octanol–water partition coefficient (Wildman–Crippen LogP) is 2.97. The normalized spacial score (nSPS) is 10.4. The maximum Gasteiger partial charge on any atom is 0.220 e. The highest BCUT2D eigenvalue weighted by atomic mass is 19.1. The topological polar surface area (TPSA) is 55.1 Å². The monoisotopic (exact) mass is 286 g/mol. The average molecular weight is 286 g/mol. The summed E-state index contributed by atoms with van der Waals surface area (Å²) in [6, 6.07) is 12.5. The molecule has 0 heterocycles. The van der Waals surface area contributed by atoms with Crippen molar-refractivity contribution in [3.05, 3.63) is 65.0 Å². The van der Waals surface area contributed by atoms with Crippen molar-refractivity contribution in [3.8, 4) is 0 Å². The summed E-state index contributed by atoms with van der Waals surface area (Å²) in [6.07, 6.45) is 1.02. The number of anilines is 1. The standard InChI is InChI=1S/C17H19FN2O/c1-12-5-6-14(10-16(12)18)11-20-17(21)8-7-13-3-2-4-15(19)9-13/h2-6,9-10H,7-8,11,19H2,1H3,(H,20,21). The lowest BCUT2D eigenvalue weighted by Gasteiger charge is -2.07. The Morgan fingerprint density at radius 3 is 2.71 bits per heavy atom. The summed E-state index contributed by atoms with van der Waals surface area (Å²) >= 11 is 0. The molecule has 3 nitrogen and oxygen atoms in total. The molecule has 0 radical (unpaired) electrons. The summed E-state index contributed by atoms with van der Waals surface area (Å²) in [5.74, 6) is -0.306. The van der Waals surface area contributed by atoms with E-state index < -0.39 is 0 Å². The number of nitrogens with two attached hydrogens (primary N) is 1. The van der Waals surface area contributed by atoms with Crippen LogP contribution in [0.2, 0.25) is 0 Å². The Morgan fingerprint density at radius 2 is 2.00 bits per heavy atom. The van der Waals surface area contributed by atoms with Crippen LogP contribution in [0.15, 0.2) is 42.5 Å². The number of nitrogen functional groups attached to an aromatic ring is 1. The molecule has 0 aliphatic rings. The van der Waals surface area contributed by atoms with Gasteiger partial charge < -0.3 is 11.1 Å². The van der Waals surface area contributed by atoms with Crippen molar-refractivity contribution >= 4 is 11.6 Å². The summed E-state index contributed by atoms with van der Waals surface area (Å²) in [4.78, 5) is 11.8. The molecule has 110 valence electrons. The SMILES string of the molecule is Cc1ccc(CNC(=O)CCc2cccc(N)c2)cc1F. The zero-order chi connectivity index (χ0) is 15.2. The van der Waals surface area contributed by atoms with Crippen LogP contribution in [0.5, 0.6) is 0 Å². The van der Waals surface area contributed by atoms with Crippen LogP contribution in [0, 0.1) is 12.7 Å². The first-order valence-electron chi connectivity index (χ1n) is 6.91. The average Bonchev–Trinajstić information content (AvgIpc) is 2.46. The largest absolute Gasteiger partial charge is 0.399 e. The molecule has 0 saturated carbocycles. The molecule has 2 rings (SSSR count). The molecule has 0 bridgehead atoms. The van der Waals surface area contributed by atoms with Crippen molar-refractivity contribution in [2.45, 2.75) is 26.3 Å². The van der Waals surface area contributed by atoms with Crippen molar-refractivity contribution in [1.82, 2.24) is 5.32 Å². The minimum Gasteiger partial charge on any atom is -0.399 e. The molecule has 0 unspecified atom stereocenters. The quantitative estimate of drug-likeness (QED) is 0.830. The Hall–Kier alpha value is -2.36. The molecule has 0 aromatic heterocycles. The third-order valence-electron chi connectivity index (χ3n) is 3.32. The van der Waals surface area contributed by atoms with Crippen molar-refractivity contribution < 1.29 is 9.18 Å². The number of carbonyl (C=O) groups is 1. The molecule has 4 heteroatoms. The predicted molar refractivity (Wildman–Crippen MR) is 82.2 cm³/mol. The van der Waals surface area contributed by atoms with Gasteiger partial charge in [0.25, 0.3) is 0 Å². The molecule has 2 aromatic rings. The van der Waals surface area contributed by atoms with Crippen molar-refractivity contribution in [3.63, 3.8) is 0 Å². The second-order valence-electron chi connectivity index (χ2n) is 5.11. The first kappa shape index (κ1) is 15.0. The molecule has 0 aliphatic heterocycles. The van der Waals surface area contributed by atoms with Crippen molar-refractivity contribution in [2.24, 2.45) is 0 Å². The minimum absolute atomic E-state index is 0.0570. The van der Waals surface area contributed by atoms with E-state index in [0.717, 1.165) is 11.1 Å². The summed E-state index contributed by atoms with van der Waals surface area (Å²) < 4.78 is 13.4. The molecule has 0 saturated heterocycles. The van der Waals surface area contributed by atoms with Crippen LogP contribution in [0.4, 0.5) is 10.1 Å². The van der Waals surface area contributed by atoms with Crippen LogP contribution >= 0.6 is 0 Å². The molecule has 3 N–H and O–H groups in total. The molecule has 2 aromatic carbocycles. The van der Waals surface area contributed by atoms with E-state index in [2.05, 4.69) is 5.32 Å². The van der Waals surface area contributed by atoms with Crippen LogP contribution < -0.4 is 11.1 Å². The smallest absolute Gasteiger partial charge is 0.220 e. The van der Waals surface area contributed by atoms with Crippen LogP contribution in [0.1, 0.15) is 23.1 Å². The summed E-state index contributed by atoms with van der Waals surface area (Å²) in [7, 11) is 0. The van der Waals surface area contributed by atoms with Gasteiger partial charge in [-0.2, -0.15) is 0 Å². The van der Waals surface area contributed by atoms with Crippen LogP contribution in [0.25, 0.3) is 0 Å². The van der Waals surface area contributed by atoms with Crippen molar-refractivity contribution in [1.29, 1.82) is 0 Å². The number of amides is 1. The molecular weight excluding hydrogens is 267 g/mol. The van der Waals surface area contributed by atoms with Crippen LogP contribution in [-0.4, -0.2) is 5.91 Å². The van der Waals surface area contributed by atoms with E-state index in [1.54, 1.807) is 13.0 Å². The summed E-state index contributed by atoms with van der Waals surface area (Å²) in [6.45, 7) is 2.05.